The van der Waals surface area contributed by atoms with Gasteiger partial charge in [0, 0.05) is 19.3 Å². The lowest BCUT2D eigenvalue weighted by atomic mass is 10.0. The van der Waals surface area contributed by atoms with Crippen molar-refractivity contribution in [1.29, 1.82) is 0 Å². The Morgan fingerprint density at radius 2 is 0.673 bits per heavy atom. The molecule has 0 saturated carbocycles. The molecule has 0 amide bonds. The van der Waals surface area contributed by atoms with Crippen LogP contribution in [0.5, 0.6) is 0 Å². The summed E-state index contributed by atoms with van der Waals surface area (Å²) in [5.74, 6) is -0.0265. The van der Waals surface area contributed by atoms with E-state index in [1.165, 1.54) is 128 Å². The van der Waals surface area contributed by atoms with Crippen molar-refractivity contribution in [2.24, 2.45) is 5.92 Å². The van der Waals surface area contributed by atoms with Crippen LogP contribution in [0.15, 0.2) is 0 Å². The Balaban J connectivity index is 4.15. The number of carbonyl (C=O) groups is 3. The molecule has 0 N–H and O–H groups in total. The average molecular weight is 695 g/mol. The highest BCUT2D eigenvalue weighted by Crippen LogP contribution is 2.16. The molecule has 0 aromatic rings. The van der Waals surface area contributed by atoms with Crippen molar-refractivity contribution in [1.82, 2.24) is 0 Å². The minimum Gasteiger partial charge on any atom is -0.462 e. The Bertz CT molecular complexity index is 736. The van der Waals surface area contributed by atoms with Gasteiger partial charge in [-0.15, -0.1) is 0 Å². The minimum atomic E-state index is -0.756. The standard InChI is InChI=1S/C43H82O6/c1-5-7-9-11-21-26-30-34-41(44)47-37-40(49-43(46)36-32-28-22-12-10-8-6-2)38-48-42(45)35-31-27-24-20-18-16-14-13-15-17-19-23-25-29-33-39(3)4/h39-40H,5-38H2,1-4H3/t40-/m0/s1. The number of esters is 3. The van der Waals surface area contributed by atoms with Crippen molar-refractivity contribution in [2.45, 2.75) is 239 Å². The zero-order valence-electron chi connectivity index (χ0n) is 33.1. The molecular weight excluding hydrogens is 612 g/mol. The third kappa shape index (κ3) is 37.5. The monoisotopic (exact) mass is 695 g/mol. The molecule has 0 saturated heterocycles. The summed E-state index contributed by atoms with van der Waals surface area (Å²) < 4.78 is 16.6. The van der Waals surface area contributed by atoms with Gasteiger partial charge in [-0.25, -0.2) is 0 Å². The number of rotatable bonds is 38. The minimum absolute atomic E-state index is 0.0650. The van der Waals surface area contributed by atoms with Crippen molar-refractivity contribution in [2.75, 3.05) is 13.2 Å². The summed E-state index contributed by atoms with van der Waals surface area (Å²) in [5.41, 5.74) is 0. The Morgan fingerprint density at radius 1 is 0.388 bits per heavy atom. The first kappa shape index (κ1) is 47.4. The summed E-state index contributed by atoms with van der Waals surface area (Å²) in [4.78, 5) is 37.3. The van der Waals surface area contributed by atoms with E-state index in [4.69, 9.17) is 14.2 Å². The average Bonchev–Trinajstić information content (AvgIpc) is 3.08. The molecule has 6 nitrogen and oxygen atoms in total. The molecule has 6 heteroatoms. The highest BCUT2D eigenvalue weighted by molar-refractivity contribution is 5.71. The Kier molecular flexibility index (Phi) is 36.4. The van der Waals surface area contributed by atoms with Crippen LogP contribution in [-0.2, 0) is 28.6 Å². The van der Waals surface area contributed by atoms with Crippen LogP contribution in [0, 0.1) is 5.92 Å². The van der Waals surface area contributed by atoms with Gasteiger partial charge in [0.1, 0.15) is 13.2 Å². The molecule has 0 bridgehead atoms. The molecule has 0 fully saturated rings. The van der Waals surface area contributed by atoms with Crippen molar-refractivity contribution in [3.63, 3.8) is 0 Å². The fourth-order valence-corrected chi connectivity index (χ4v) is 6.27. The molecule has 0 unspecified atom stereocenters. The van der Waals surface area contributed by atoms with E-state index in [1.807, 2.05) is 0 Å². The molecule has 0 rings (SSSR count). The van der Waals surface area contributed by atoms with Crippen LogP contribution in [0.4, 0.5) is 0 Å². The van der Waals surface area contributed by atoms with Crippen molar-refractivity contribution >= 4 is 17.9 Å². The van der Waals surface area contributed by atoms with Crippen LogP contribution in [-0.4, -0.2) is 37.2 Å². The Hall–Kier alpha value is -1.59. The molecule has 0 heterocycles. The first-order valence-corrected chi connectivity index (χ1v) is 21.4. The Morgan fingerprint density at radius 3 is 1.00 bits per heavy atom. The van der Waals surface area contributed by atoms with Gasteiger partial charge in [-0.2, -0.15) is 0 Å². The number of hydrogen-bond donors (Lipinski definition) is 0. The second-order valence-corrected chi connectivity index (χ2v) is 15.1. The van der Waals surface area contributed by atoms with Gasteiger partial charge in [0.15, 0.2) is 6.10 Å². The first-order valence-electron chi connectivity index (χ1n) is 21.4. The summed E-state index contributed by atoms with van der Waals surface area (Å²) >= 11 is 0. The molecule has 0 aromatic heterocycles. The maximum Gasteiger partial charge on any atom is 0.306 e. The second kappa shape index (κ2) is 37.7. The van der Waals surface area contributed by atoms with Crippen molar-refractivity contribution in [3.05, 3.63) is 0 Å². The van der Waals surface area contributed by atoms with Crippen LogP contribution in [0.3, 0.4) is 0 Å². The van der Waals surface area contributed by atoms with Gasteiger partial charge in [-0.1, -0.05) is 195 Å². The van der Waals surface area contributed by atoms with Gasteiger partial charge in [0.2, 0.25) is 0 Å². The van der Waals surface area contributed by atoms with Crippen molar-refractivity contribution in [3.8, 4) is 0 Å². The quantitative estimate of drug-likeness (QED) is 0.0364. The number of unbranched alkanes of at least 4 members (excludes halogenated alkanes) is 25. The first-order chi connectivity index (χ1) is 23.9. The van der Waals surface area contributed by atoms with Gasteiger partial charge in [-0.3, -0.25) is 14.4 Å². The van der Waals surface area contributed by atoms with E-state index < -0.39 is 6.10 Å². The van der Waals surface area contributed by atoms with Crippen LogP contribution in [0.25, 0.3) is 0 Å². The summed E-state index contributed by atoms with van der Waals surface area (Å²) in [6.45, 7) is 8.91. The van der Waals surface area contributed by atoms with Gasteiger partial charge in [0.25, 0.3) is 0 Å². The summed E-state index contributed by atoms with van der Waals surface area (Å²) in [6.07, 6.45) is 35.4. The summed E-state index contributed by atoms with van der Waals surface area (Å²) in [5, 5.41) is 0. The molecule has 49 heavy (non-hydrogen) atoms. The number of hydrogen-bond acceptors (Lipinski definition) is 6. The third-order valence-corrected chi connectivity index (χ3v) is 9.54. The normalized spacial score (nSPS) is 11.9. The van der Waals surface area contributed by atoms with E-state index in [1.54, 1.807) is 0 Å². The lowest BCUT2D eigenvalue weighted by molar-refractivity contribution is -0.167. The topological polar surface area (TPSA) is 78.9 Å². The zero-order chi connectivity index (χ0) is 36.0. The maximum absolute atomic E-state index is 12.5. The van der Waals surface area contributed by atoms with Gasteiger partial charge < -0.3 is 14.2 Å². The van der Waals surface area contributed by atoms with E-state index in [2.05, 4.69) is 27.7 Å². The van der Waals surface area contributed by atoms with E-state index in [9.17, 15) is 14.4 Å². The third-order valence-electron chi connectivity index (χ3n) is 9.54. The van der Waals surface area contributed by atoms with Gasteiger partial charge in [0.05, 0.1) is 0 Å². The molecular formula is C43H82O6. The molecule has 290 valence electrons. The SMILES string of the molecule is CCCCCCCCCC(=O)OC[C@@H](COC(=O)CCCCCCCCCCCCCCCCC(C)C)OC(=O)CCCCCCCCC. The van der Waals surface area contributed by atoms with Gasteiger partial charge in [-0.05, 0) is 25.2 Å². The van der Waals surface area contributed by atoms with Crippen LogP contribution >= 0.6 is 0 Å². The molecule has 0 radical (unpaired) electrons. The van der Waals surface area contributed by atoms with E-state index in [-0.39, 0.29) is 31.1 Å². The smallest absolute Gasteiger partial charge is 0.306 e. The lowest BCUT2D eigenvalue weighted by Gasteiger charge is -2.18. The highest BCUT2D eigenvalue weighted by Gasteiger charge is 2.19. The largest absolute Gasteiger partial charge is 0.462 e. The van der Waals surface area contributed by atoms with Crippen LogP contribution in [0.1, 0.15) is 233 Å². The summed E-state index contributed by atoms with van der Waals surface area (Å²) in [6, 6.07) is 0. The number of ether oxygens (including phenoxy) is 3. The van der Waals surface area contributed by atoms with Crippen LogP contribution in [0.2, 0.25) is 0 Å². The second-order valence-electron chi connectivity index (χ2n) is 15.1. The predicted octanol–water partition coefficient (Wildman–Crippen LogP) is 13.2. The molecule has 0 aliphatic rings. The van der Waals surface area contributed by atoms with E-state index in [0.717, 1.165) is 63.7 Å². The molecule has 0 spiro atoms. The number of carbonyl (C=O) groups excluding carboxylic acids is 3. The highest BCUT2D eigenvalue weighted by atomic mass is 16.6. The van der Waals surface area contributed by atoms with E-state index in [0.29, 0.717) is 19.3 Å². The molecule has 0 aromatic carbocycles. The Labute approximate surface area is 304 Å². The summed E-state index contributed by atoms with van der Waals surface area (Å²) in [7, 11) is 0. The maximum atomic E-state index is 12.5. The fourth-order valence-electron chi connectivity index (χ4n) is 6.27. The molecule has 1 atom stereocenters. The van der Waals surface area contributed by atoms with E-state index >= 15 is 0 Å². The molecule has 0 aliphatic carbocycles. The lowest BCUT2D eigenvalue weighted by Crippen LogP contribution is -2.30. The van der Waals surface area contributed by atoms with Gasteiger partial charge >= 0.3 is 17.9 Å². The zero-order valence-corrected chi connectivity index (χ0v) is 33.1. The van der Waals surface area contributed by atoms with Crippen molar-refractivity contribution < 1.29 is 28.6 Å². The molecule has 0 aliphatic heterocycles. The van der Waals surface area contributed by atoms with Crippen LogP contribution < -0.4 is 0 Å². The fraction of sp³-hybridized carbons (Fsp3) is 0.930. The predicted molar refractivity (Wildman–Crippen MR) is 206 cm³/mol.